The molecule has 1 N–H and O–H groups in total. The molecule has 0 radical (unpaired) electrons. The second kappa shape index (κ2) is 9.19. The van der Waals surface area contributed by atoms with E-state index in [2.05, 4.69) is 5.32 Å². The number of allylic oxidation sites excluding steroid dienone is 2. The zero-order valence-corrected chi connectivity index (χ0v) is 19.2. The molecule has 1 heterocycles. The van der Waals surface area contributed by atoms with Gasteiger partial charge in [0, 0.05) is 30.0 Å². The van der Waals surface area contributed by atoms with Gasteiger partial charge in [0.1, 0.15) is 11.5 Å². The van der Waals surface area contributed by atoms with Crippen molar-refractivity contribution in [3.8, 4) is 11.5 Å². The van der Waals surface area contributed by atoms with Gasteiger partial charge in [0.15, 0.2) is 5.78 Å². The van der Waals surface area contributed by atoms with Crippen LogP contribution in [0.15, 0.2) is 59.8 Å². The quantitative estimate of drug-likeness (QED) is 0.674. The molecule has 0 bridgehead atoms. The van der Waals surface area contributed by atoms with Crippen LogP contribution in [0.5, 0.6) is 11.5 Å². The van der Waals surface area contributed by atoms with Crippen molar-refractivity contribution in [1.82, 2.24) is 5.32 Å². The SMILES string of the molecule is CC(C)Oc1ccc(C2CC(=O)C3=C(C2)NC(=O)CC3c2ccc(OC(C)C)cc2)cc1. The second-order valence-corrected chi connectivity index (χ2v) is 9.20. The summed E-state index contributed by atoms with van der Waals surface area (Å²) >= 11 is 0. The number of nitrogens with one attached hydrogen (secondary N) is 1. The minimum absolute atomic E-state index is 0.0367. The van der Waals surface area contributed by atoms with Crippen LogP contribution in [-0.2, 0) is 9.59 Å². The number of amides is 1. The maximum atomic E-state index is 13.3. The van der Waals surface area contributed by atoms with Crippen LogP contribution in [0.1, 0.15) is 69.9 Å². The number of carbonyl (C=O) groups is 2. The molecule has 2 aromatic rings. The van der Waals surface area contributed by atoms with Crippen LogP contribution >= 0.6 is 0 Å². The van der Waals surface area contributed by atoms with E-state index in [-0.39, 0.29) is 35.7 Å². The van der Waals surface area contributed by atoms with Crippen molar-refractivity contribution in [3.63, 3.8) is 0 Å². The van der Waals surface area contributed by atoms with Gasteiger partial charge in [-0.05, 0) is 75.4 Å². The van der Waals surface area contributed by atoms with Crippen molar-refractivity contribution in [1.29, 1.82) is 0 Å². The Kier molecular flexibility index (Phi) is 6.35. The van der Waals surface area contributed by atoms with Crippen molar-refractivity contribution >= 4 is 11.7 Å². The van der Waals surface area contributed by atoms with E-state index >= 15 is 0 Å². The first kappa shape index (κ1) is 22.1. The third-order valence-corrected chi connectivity index (χ3v) is 5.91. The normalized spacial score (nSPS) is 20.9. The fourth-order valence-corrected chi connectivity index (χ4v) is 4.62. The number of hydrogen-bond acceptors (Lipinski definition) is 4. The molecule has 1 amide bonds. The first-order chi connectivity index (χ1) is 15.3. The lowest BCUT2D eigenvalue weighted by molar-refractivity contribution is -0.122. The van der Waals surface area contributed by atoms with Gasteiger partial charge in [-0.15, -0.1) is 0 Å². The zero-order valence-electron chi connectivity index (χ0n) is 19.2. The smallest absolute Gasteiger partial charge is 0.225 e. The fourth-order valence-electron chi connectivity index (χ4n) is 4.62. The Hall–Kier alpha value is -3.08. The molecule has 0 spiro atoms. The molecule has 0 aromatic heterocycles. The molecule has 2 aromatic carbocycles. The third-order valence-electron chi connectivity index (χ3n) is 5.91. The summed E-state index contributed by atoms with van der Waals surface area (Å²) in [6.45, 7) is 7.96. The number of Topliss-reactive ketones (excluding diaryl/α,β-unsaturated/α-hetero) is 1. The zero-order chi connectivity index (χ0) is 22.8. The predicted octanol–water partition coefficient (Wildman–Crippen LogP) is 5.27. The third kappa shape index (κ3) is 4.87. The average Bonchev–Trinajstić information content (AvgIpc) is 2.73. The lowest BCUT2D eigenvalue weighted by Gasteiger charge is -2.34. The van der Waals surface area contributed by atoms with Crippen LogP contribution in [0.25, 0.3) is 0 Å². The Morgan fingerprint density at radius 1 is 0.750 bits per heavy atom. The molecule has 32 heavy (non-hydrogen) atoms. The van der Waals surface area contributed by atoms with Crippen molar-refractivity contribution in [2.45, 2.75) is 71.0 Å². The molecule has 168 valence electrons. The molecule has 1 aliphatic heterocycles. The lowest BCUT2D eigenvalue weighted by atomic mass is 9.73. The van der Waals surface area contributed by atoms with Gasteiger partial charge in [0.05, 0.1) is 12.2 Å². The molecule has 0 fully saturated rings. The summed E-state index contributed by atoms with van der Waals surface area (Å²) < 4.78 is 11.5. The highest BCUT2D eigenvalue weighted by molar-refractivity contribution is 6.02. The van der Waals surface area contributed by atoms with Crippen LogP contribution in [0.2, 0.25) is 0 Å². The van der Waals surface area contributed by atoms with Crippen LogP contribution in [-0.4, -0.2) is 23.9 Å². The Morgan fingerprint density at radius 2 is 1.28 bits per heavy atom. The topological polar surface area (TPSA) is 64.6 Å². The van der Waals surface area contributed by atoms with Gasteiger partial charge in [-0.2, -0.15) is 0 Å². The van der Waals surface area contributed by atoms with E-state index in [0.29, 0.717) is 19.3 Å². The van der Waals surface area contributed by atoms with E-state index in [9.17, 15) is 9.59 Å². The van der Waals surface area contributed by atoms with Crippen LogP contribution < -0.4 is 14.8 Å². The highest BCUT2D eigenvalue weighted by atomic mass is 16.5. The lowest BCUT2D eigenvalue weighted by Crippen LogP contribution is -2.38. The average molecular weight is 434 g/mol. The summed E-state index contributed by atoms with van der Waals surface area (Å²) in [7, 11) is 0. The number of rotatable bonds is 6. The summed E-state index contributed by atoms with van der Waals surface area (Å²) in [6, 6.07) is 15.7. The molecule has 0 saturated carbocycles. The predicted molar refractivity (Wildman–Crippen MR) is 124 cm³/mol. The minimum atomic E-state index is -0.206. The van der Waals surface area contributed by atoms with Gasteiger partial charge >= 0.3 is 0 Å². The van der Waals surface area contributed by atoms with E-state index in [4.69, 9.17) is 9.47 Å². The van der Waals surface area contributed by atoms with E-state index < -0.39 is 0 Å². The van der Waals surface area contributed by atoms with E-state index in [1.807, 2.05) is 76.2 Å². The second-order valence-electron chi connectivity index (χ2n) is 9.20. The maximum absolute atomic E-state index is 13.3. The maximum Gasteiger partial charge on any atom is 0.225 e. The van der Waals surface area contributed by atoms with E-state index in [0.717, 1.165) is 33.9 Å². The summed E-state index contributed by atoms with van der Waals surface area (Å²) in [5, 5.41) is 2.99. The van der Waals surface area contributed by atoms with Gasteiger partial charge < -0.3 is 14.8 Å². The van der Waals surface area contributed by atoms with Crippen LogP contribution in [0, 0.1) is 0 Å². The first-order valence-electron chi connectivity index (χ1n) is 11.4. The number of benzene rings is 2. The minimum Gasteiger partial charge on any atom is -0.491 e. The molecule has 5 heteroatoms. The molecule has 1 aliphatic carbocycles. The Morgan fingerprint density at radius 3 is 1.81 bits per heavy atom. The highest BCUT2D eigenvalue weighted by Gasteiger charge is 2.38. The van der Waals surface area contributed by atoms with Crippen molar-refractivity contribution < 1.29 is 19.1 Å². The molecular formula is C27H31NO4. The van der Waals surface area contributed by atoms with Gasteiger partial charge in [-0.1, -0.05) is 24.3 Å². The van der Waals surface area contributed by atoms with Crippen molar-refractivity contribution in [3.05, 3.63) is 70.9 Å². The van der Waals surface area contributed by atoms with Crippen LogP contribution in [0.4, 0.5) is 0 Å². The summed E-state index contributed by atoms with van der Waals surface area (Å²) in [5.74, 6) is 1.54. The number of ether oxygens (including phenoxy) is 2. The molecular weight excluding hydrogens is 402 g/mol. The Balaban J connectivity index is 1.57. The molecule has 5 nitrogen and oxygen atoms in total. The highest BCUT2D eigenvalue weighted by Crippen LogP contribution is 2.43. The van der Waals surface area contributed by atoms with Crippen molar-refractivity contribution in [2.75, 3.05) is 0 Å². The monoisotopic (exact) mass is 433 g/mol. The molecule has 2 atom stereocenters. The molecule has 4 rings (SSSR count). The summed E-state index contributed by atoms with van der Waals surface area (Å²) in [5.41, 5.74) is 3.61. The van der Waals surface area contributed by atoms with Gasteiger partial charge in [0.2, 0.25) is 5.91 Å². The van der Waals surface area contributed by atoms with Gasteiger partial charge in [0.25, 0.3) is 0 Å². The van der Waals surface area contributed by atoms with Crippen molar-refractivity contribution in [2.24, 2.45) is 0 Å². The number of ketones is 1. The molecule has 0 saturated heterocycles. The molecule has 2 aliphatic rings. The Bertz CT molecular complexity index is 1020. The van der Waals surface area contributed by atoms with E-state index in [1.165, 1.54) is 0 Å². The number of hydrogen-bond donors (Lipinski definition) is 1. The fraction of sp³-hybridized carbons (Fsp3) is 0.407. The summed E-state index contributed by atoms with van der Waals surface area (Å²) in [6.07, 6.45) is 1.61. The largest absolute Gasteiger partial charge is 0.491 e. The van der Waals surface area contributed by atoms with Gasteiger partial charge in [-0.3, -0.25) is 9.59 Å². The standard InChI is InChI=1S/C27H31NO4/c1-16(2)31-21-9-5-18(6-10-21)20-13-24-27(25(29)14-20)23(15-26(30)28-24)19-7-11-22(12-8-19)32-17(3)4/h5-12,16-17,20,23H,13-15H2,1-4H3,(H,28,30). The first-order valence-corrected chi connectivity index (χ1v) is 11.4. The Labute approximate surface area is 189 Å². The van der Waals surface area contributed by atoms with E-state index in [1.54, 1.807) is 0 Å². The van der Waals surface area contributed by atoms with Crippen LogP contribution in [0.3, 0.4) is 0 Å². The summed E-state index contributed by atoms with van der Waals surface area (Å²) in [4.78, 5) is 25.8. The van der Waals surface area contributed by atoms with Gasteiger partial charge in [-0.25, -0.2) is 0 Å². The molecule has 2 unspecified atom stereocenters. The number of carbonyl (C=O) groups excluding carboxylic acids is 2.